The molecule has 3 aromatic rings. The summed E-state index contributed by atoms with van der Waals surface area (Å²) in [7, 11) is -2.52. The minimum absolute atomic E-state index is 0.443. The second-order valence-electron chi connectivity index (χ2n) is 10.4. The van der Waals surface area contributed by atoms with Crippen molar-refractivity contribution < 1.29 is 0 Å². The van der Waals surface area contributed by atoms with E-state index in [0.717, 1.165) is 0 Å². The van der Waals surface area contributed by atoms with Crippen LogP contribution in [0.5, 0.6) is 0 Å². The van der Waals surface area contributed by atoms with Gasteiger partial charge in [-0.1, -0.05) is 112 Å². The maximum atomic E-state index is 2.48. The van der Waals surface area contributed by atoms with Crippen molar-refractivity contribution in [1.82, 2.24) is 0 Å². The fourth-order valence-corrected chi connectivity index (χ4v) is 12.3. The zero-order chi connectivity index (χ0) is 24.1. The molecule has 0 heterocycles. The molecule has 0 fully saturated rings. The lowest BCUT2D eigenvalue weighted by atomic mass is 10.1. The highest BCUT2D eigenvalue weighted by molar-refractivity contribution is 7.16. The number of hydrogen-bond acceptors (Lipinski definition) is 0. The van der Waals surface area contributed by atoms with Gasteiger partial charge in [0.2, 0.25) is 0 Å². The summed E-state index contributed by atoms with van der Waals surface area (Å²) in [6.45, 7) is 20.7. The van der Waals surface area contributed by atoms with Crippen molar-refractivity contribution in [3.8, 4) is 0 Å². The van der Waals surface area contributed by atoms with E-state index < -0.39 is 8.07 Å². The lowest BCUT2D eigenvalue weighted by Gasteiger charge is -2.39. The first-order valence-electron chi connectivity index (χ1n) is 12.2. The molecule has 0 bridgehead atoms. The lowest BCUT2D eigenvalue weighted by Crippen LogP contribution is -2.70. The maximum absolute atomic E-state index is 2.52. The molecule has 0 radical (unpaired) electrons. The van der Waals surface area contributed by atoms with Crippen LogP contribution >= 0.6 is 0 Å². The Morgan fingerprint density at radius 3 is 1.36 bits per heavy atom. The summed E-state index contributed by atoms with van der Waals surface area (Å²) in [6, 6.07) is 23.9. The lowest BCUT2D eigenvalue weighted by molar-refractivity contribution is 0.851. The smallest absolute Gasteiger partial charge is 0.0636 e. The highest BCUT2D eigenvalue weighted by atomic mass is 28.3. The van der Waals surface area contributed by atoms with Gasteiger partial charge in [-0.25, -0.2) is 0 Å². The Morgan fingerprint density at radius 1 is 0.515 bits per heavy atom. The number of aryl methyl sites for hydroxylation is 5. The molecule has 0 N–H and O–H groups in total. The monoisotopic (exact) mass is 450 g/mol. The fraction of sp³-hybridized carbons (Fsp3) is 0.312. The van der Waals surface area contributed by atoms with Gasteiger partial charge < -0.3 is 0 Å². The first-order valence-corrected chi connectivity index (χ1v) is 14.2. The van der Waals surface area contributed by atoms with Crippen molar-refractivity contribution in [3.63, 3.8) is 0 Å². The molecule has 0 aromatic heterocycles. The Kier molecular flexibility index (Phi) is 6.14. The maximum Gasteiger partial charge on any atom is 0.176 e. The fourth-order valence-electron chi connectivity index (χ4n) is 6.20. The van der Waals surface area contributed by atoms with E-state index in [4.69, 9.17) is 0 Å². The summed E-state index contributed by atoms with van der Waals surface area (Å²) in [4.78, 5) is 0. The summed E-state index contributed by atoms with van der Waals surface area (Å²) >= 11 is 0. The van der Waals surface area contributed by atoms with Gasteiger partial charge in [-0.15, -0.1) is 0 Å². The van der Waals surface area contributed by atoms with E-state index in [2.05, 4.69) is 123 Å². The van der Waals surface area contributed by atoms with Crippen LogP contribution in [0.4, 0.5) is 0 Å². The minimum atomic E-state index is -2.52. The van der Waals surface area contributed by atoms with Crippen molar-refractivity contribution in [2.75, 3.05) is 0 Å². The van der Waals surface area contributed by atoms with Crippen molar-refractivity contribution in [2.24, 2.45) is 5.92 Å². The van der Waals surface area contributed by atoms with Gasteiger partial charge in [0.05, 0.1) is 0 Å². The molecule has 1 atom stereocenters. The predicted octanol–water partition coefficient (Wildman–Crippen LogP) is 6.54. The summed E-state index contributed by atoms with van der Waals surface area (Å²) in [6.07, 6.45) is 0. The Hall–Kier alpha value is -2.64. The molecular formula is C32H38Si. The van der Waals surface area contributed by atoms with Crippen LogP contribution in [-0.2, 0) is 0 Å². The van der Waals surface area contributed by atoms with Crippen LogP contribution in [-0.4, -0.2) is 8.07 Å². The van der Waals surface area contributed by atoms with Crippen LogP contribution in [0.3, 0.4) is 0 Å². The topological polar surface area (TPSA) is 0 Å². The zero-order valence-electron chi connectivity index (χ0n) is 21.9. The molecule has 1 heteroatoms. The molecule has 0 amide bonds. The molecular weight excluding hydrogens is 412 g/mol. The largest absolute Gasteiger partial charge is 0.176 e. The van der Waals surface area contributed by atoms with E-state index >= 15 is 0 Å². The van der Waals surface area contributed by atoms with Crippen molar-refractivity contribution in [3.05, 3.63) is 110 Å². The van der Waals surface area contributed by atoms with E-state index in [0.29, 0.717) is 5.92 Å². The number of allylic oxidation sites excluding steroid dienone is 4. The summed E-state index contributed by atoms with van der Waals surface area (Å²) in [5, 5.41) is 6.19. The molecule has 3 aromatic carbocycles. The minimum Gasteiger partial charge on any atom is -0.0636 e. The number of benzene rings is 3. The molecule has 1 aliphatic rings. The SMILES string of the molecule is CC1=C(C)C(C)C([Si](c2cccc(C)c2)(c2cc(C)cc(C)c2)c2cc(C)cc(C)c2)=C1C. The van der Waals surface area contributed by atoms with Crippen molar-refractivity contribution in [2.45, 2.75) is 62.3 Å². The van der Waals surface area contributed by atoms with E-state index in [1.54, 1.807) is 5.20 Å². The van der Waals surface area contributed by atoms with E-state index in [1.165, 1.54) is 60.1 Å². The van der Waals surface area contributed by atoms with Crippen LogP contribution in [0.25, 0.3) is 0 Å². The van der Waals surface area contributed by atoms with Gasteiger partial charge >= 0.3 is 0 Å². The van der Waals surface area contributed by atoms with Crippen LogP contribution < -0.4 is 15.6 Å². The Balaban J connectivity index is 2.26. The van der Waals surface area contributed by atoms with Crippen molar-refractivity contribution in [1.29, 1.82) is 0 Å². The standard InChI is InChI=1S/C32H38Si/c1-20-11-10-12-29(15-20)33(30-16-21(2)13-22(3)17-30,31-18-23(4)14-24(5)19-31)32-27(8)25(6)26(7)28(32)9/h10-19,27H,1-9H3. The van der Waals surface area contributed by atoms with Gasteiger partial charge in [-0.3, -0.25) is 0 Å². The van der Waals surface area contributed by atoms with Gasteiger partial charge in [-0.05, 0) is 82.4 Å². The molecule has 0 saturated carbocycles. The summed E-state index contributed by atoms with van der Waals surface area (Å²) < 4.78 is 0. The third kappa shape index (κ3) is 3.87. The highest BCUT2D eigenvalue weighted by Crippen LogP contribution is 2.41. The van der Waals surface area contributed by atoms with Crippen LogP contribution in [0.15, 0.2) is 82.6 Å². The number of hydrogen-bond donors (Lipinski definition) is 0. The number of rotatable bonds is 4. The van der Waals surface area contributed by atoms with Crippen molar-refractivity contribution >= 4 is 23.6 Å². The first-order chi connectivity index (χ1) is 15.5. The van der Waals surface area contributed by atoms with Gasteiger partial charge in [0.1, 0.15) is 0 Å². The van der Waals surface area contributed by atoms with E-state index in [-0.39, 0.29) is 0 Å². The third-order valence-electron chi connectivity index (χ3n) is 7.81. The van der Waals surface area contributed by atoms with Crippen LogP contribution in [0, 0.1) is 40.5 Å². The first kappa shape index (κ1) is 23.5. The molecule has 0 nitrogen and oxygen atoms in total. The van der Waals surface area contributed by atoms with Crippen LogP contribution in [0.2, 0.25) is 0 Å². The highest BCUT2D eigenvalue weighted by Gasteiger charge is 2.48. The predicted molar refractivity (Wildman–Crippen MR) is 148 cm³/mol. The quantitative estimate of drug-likeness (QED) is 0.313. The van der Waals surface area contributed by atoms with E-state index in [9.17, 15) is 0 Å². The Labute approximate surface area is 202 Å². The summed E-state index contributed by atoms with van der Waals surface area (Å²) in [5.74, 6) is 0.443. The van der Waals surface area contributed by atoms with Gasteiger partial charge in [0.25, 0.3) is 0 Å². The molecule has 0 aliphatic heterocycles. The second kappa shape index (κ2) is 8.61. The van der Waals surface area contributed by atoms with Gasteiger partial charge in [-0.2, -0.15) is 0 Å². The Bertz CT molecular complexity index is 1210. The molecule has 1 unspecified atom stereocenters. The second-order valence-corrected chi connectivity index (χ2v) is 14.2. The molecule has 4 rings (SSSR count). The summed E-state index contributed by atoms with van der Waals surface area (Å²) in [5.41, 5.74) is 11.3. The van der Waals surface area contributed by atoms with Crippen LogP contribution in [0.1, 0.15) is 55.5 Å². The third-order valence-corrected chi connectivity index (χ3v) is 12.9. The average molecular weight is 451 g/mol. The molecule has 0 spiro atoms. The molecule has 170 valence electrons. The normalized spacial score (nSPS) is 16.7. The molecule has 1 aliphatic carbocycles. The Morgan fingerprint density at radius 2 is 0.970 bits per heavy atom. The molecule has 0 saturated heterocycles. The van der Waals surface area contributed by atoms with Gasteiger partial charge in [0, 0.05) is 0 Å². The molecule has 33 heavy (non-hydrogen) atoms. The average Bonchev–Trinajstić information content (AvgIpc) is 2.91. The zero-order valence-corrected chi connectivity index (χ0v) is 22.9. The van der Waals surface area contributed by atoms with Gasteiger partial charge in [0.15, 0.2) is 8.07 Å². The van der Waals surface area contributed by atoms with E-state index in [1.807, 2.05) is 0 Å².